The predicted molar refractivity (Wildman–Crippen MR) is 61.3 cm³/mol. The van der Waals surface area contributed by atoms with Gasteiger partial charge in [-0.2, -0.15) is 5.26 Å². The van der Waals surface area contributed by atoms with Gasteiger partial charge >= 0.3 is 0 Å². The fourth-order valence-corrected chi connectivity index (χ4v) is 1.49. The molecule has 1 amide bonds. The molecule has 0 atom stereocenters. The summed E-state index contributed by atoms with van der Waals surface area (Å²) in [4.78, 5) is 11.5. The van der Waals surface area contributed by atoms with Crippen LogP contribution in [0.15, 0.2) is 22.7 Å². The molecule has 0 bridgehead atoms. The van der Waals surface area contributed by atoms with Crippen molar-refractivity contribution >= 4 is 21.8 Å². The number of hydrogen-bond donors (Lipinski definition) is 1. The maximum absolute atomic E-state index is 12.9. The topological polar surface area (TPSA) is 52.9 Å². The molecule has 0 radical (unpaired) electrons. The monoisotopic (exact) mass is 284 g/mol. The Morgan fingerprint density at radius 2 is 2.31 bits per heavy atom. The Morgan fingerprint density at radius 1 is 1.56 bits per heavy atom. The van der Waals surface area contributed by atoms with Crippen LogP contribution >= 0.6 is 15.9 Å². The summed E-state index contributed by atoms with van der Waals surface area (Å²) in [5.74, 6) is -0.667. The first kappa shape index (κ1) is 12.7. The van der Waals surface area contributed by atoms with Crippen molar-refractivity contribution in [2.45, 2.75) is 12.8 Å². The van der Waals surface area contributed by atoms with Crippen molar-refractivity contribution in [3.05, 3.63) is 34.1 Å². The minimum absolute atomic E-state index is 0.261. The van der Waals surface area contributed by atoms with E-state index in [1.807, 2.05) is 6.07 Å². The second-order valence-electron chi connectivity index (χ2n) is 3.15. The van der Waals surface area contributed by atoms with Crippen LogP contribution in [0, 0.1) is 17.1 Å². The molecule has 0 aromatic heterocycles. The number of amides is 1. The minimum atomic E-state index is -0.402. The van der Waals surface area contributed by atoms with Gasteiger partial charge < -0.3 is 5.32 Å². The molecule has 0 aliphatic heterocycles. The number of unbranched alkanes of at least 4 members (excludes halogenated alkanes) is 1. The summed E-state index contributed by atoms with van der Waals surface area (Å²) in [7, 11) is 0. The van der Waals surface area contributed by atoms with Gasteiger partial charge in [-0.15, -0.1) is 0 Å². The first-order valence-corrected chi connectivity index (χ1v) is 5.54. The van der Waals surface area contributed by atoms with E-state index < -0.39 is 5.82 Å². The van der Waals surface area contributed by atoms with Crippen LogP contribution in [0.25, 0.3) is 0 Å². The van der Waals surface area contributed by atoms with Gasteiger partial charge in [0, 0.05) is 18.5 Å². The summed E-state index contributed by atoms with van der Waals surface area (Å²) in [6, 6.07) is 6.06. The van der Waals surface area contributed by atoms with E-state index in [4.69, 9.17) is 5.26 Å². The second-order valence-corrected chi connectivity index (χ2v) is 4.00. The van der Waals surface area contributed by atoms with Crippen LogP contribution in [0.4, 0.5) is 4.39 Å². The lowest BCUT2D eigenvalue weighted by Crippen LogP contribution is -2.24. The molecule has 0 aliphatic rings. The van der Waals surface area contributed by atoms with Gasteiger partial charge in [0.15, 0.2) is 0 Å². The molecule has 0 spiro atoms. The highest BCUT2D eigenvalue weighted by Crippen LogP contribution is 2.16. The van der Waals surface area contributed by atoms with Gasteiger partial charge in [-0.3, -0.25) is 4.79 Å². The molecule has 0 saturated carbocycles. The van der Waals surface area contributed by atoms with Gasteiger partial charge in [0.2, 0.25) is 0 Å². The Morgan fingerprint density at radius 3 is 2.94 bits per heavy atom. The van der Waals surface area contributed by atoms with Crippen LogP contribution in [0.5, 0.6) is 0 Å². The number of rotatable bonds is 4. The van der Waals surface area contributed by atoms with E-state index in [2.05, 4.69) is 21.2 Å². The predicted octanol–water partition coefficient (Wildman–Crippen LogP) is 2.62. The van der Waals surface area contributed by atoms with E-state index in [-0.39, 0.29) is 10.4 Å². The highest BCUT2D eigenvalue weighted by molar-refractivity contribution is 9.10. The SMILES string of the molecule is N#CCCCNC(=O)c1ccc(F)c(Br)c1. The number of carbonyl (C=O) groups excluding carboxylic acids is 1. The minimum Gasteiger partial charge on any atom is -0.352 e. The number of halogens is 2. The van der Waals surface area contributed by atoms with Crippen LogP contribution in [-0.2, 0) is 0 Å². The molecular weight excluding hydrogens is 275 g/mol. The lowest BCUT2D eigenvalue weighted by molar-refractivity contribution is 0.0953. The average Bonchev–Trinajstić information content (AvgIpc) is 2.28. The van der Waals surface area contributed by atoms with Crippen LogP contribution in [0.1, 0.15) is 23.2 Å². The molecule has 84 valence electrons. The Labute approximate surface area is 101 Å². The Bertz CT molecular complexity index is 428. The van der Waals surface area contributed by atoms with E-state index in [0.29, 0.717) is 24.9 Å². The number of nitriles is 1. The number of carbonyl (C=O) groups is 1. The van der Waals surface area contributed by atoms with E-state index in [9.17, 15) is 9.18 Å². The zero-order chi connectivity index (χ0) is 12.0. The molecule has 1 aromatic carbocycles. The summed E-state index contributed by atoms with van der Waals surface area (Å²) in [6.45, 7) is 0.446. The fraction of sp³-hybridized carbons (Fsp3) is 0.273. The van der Waals surface area contributed by atoms with Crippen LogP contribution in [0.3, 0.4) is 0 Å². The Hall–Kier alpha value is -1.41. The first-order chi connectivity index (χ1) is 7.65. The average molecular weight is 285 g/mol. The van der Waals surface area contributed by atoms with Crippen molar-refractivity contribution in [1.82, 2.24) is 5.32 Å². The molecule has 1 aromatic rings. The summed E-state index contributed by atoms with van der Waals surface area (Å²) in [5, 5.41) is 11.0. The molecule has 1 N–H and O–H groups in total. The summed E-state index contributed by atoms with van der Waals surface area (Å²) < 4.78 is 13.2. The van der Waals surface area contributed by atoms with Crippen molar-refractivity contribution in [1.29, 1.82) is 5.26 Å². The summed E-state index contributed by atoms with van der Waals surface area (Å²) in [5.41, 5.74) is 0.394. The highest BCUT2D eigenvalue weighted by atomic mass is 79.9. The summed E-state index contributed by atoms with van der Waals surface area (Å²) in [6.07, 6.45) is 1.03. The van der Waals surface area contributed by atoms with E-state index in [1.165, 1.54) is 18.2 Å². The third-order valence-corrected chi connectivity index (χ3v) is 2.54. The van der Waals surface area contributed by atoms with Crippen molar-refractivity contribution in [2.24, 2.45) is 0 Å². The fourth-order valence-electron chi connectivity index (χ4n) is 1.11. The molecule has 3 nitrogen and oxygen atoms in total. The van der Waals surface area contributed by atoms with Gasteiger partial charge in [0.05, 0.1) is 10.5 Å². The quantitative estimate of drug-likeness (QED) is 0.864. The molecule has 0 unspecified atom stereocenters. The van der Waals surface area contributed by atoms with Gasteiger partial charge in [-0.1, -0.05) is 0 Å². The van der Waals surface area contributed by atoms with Crippen LogP contribution in [0.2, 0.25) is 0 Å². The molecule has 0 saturated heterocycles. The van der Waals surface area contributed by atoms with Gasteiger partial charge in [-0.25, -0.2) is 4.39 Å². The van der Waals surface area contributed by atoms with Crippen LogP contribution in [-0.4, -0.2) is 12.5 Å². The van der Waals surface area contributed by atoms with E-state index in [1.54, 1.807) is 0 Å². The van der Waals surface area contributed by atoms with Crippen molar-refractivity contribution in [2.75, 3.05) is 6.54 Å². The lowest BCUT2D eigenvalue weighted by atomic mass is 10.2. The molecule has 5 heteroatoms. The van der Waals surface area contributed by atoms with Gasteiger partial charge in [0.25, 0.3) is 5.91 Å². The lowest BCUT2D eigenvalue weighted by Gasteiger charge is -2.04. The number of benzene rings is 1. The third-order valence-electron chi connectivity index (χ3n) is 1.93. The van der Waals surface area contributed by atoms with Gasteiger partial charge in [-0.05, 0) is 40.5 Å². The smallest absolute Gasteiger partial charge is 0.251 e. The number of nitrogens with zero attached hydrogens (tertiary/aromatic N) is 1. The summed E-state index contributed by atoms with van der Waals surface area (Å²) >= 11 is 3.01. The van der Waals surface area contributed by atoms with E-state index >= 15 is 0 Å². The highest BCUT2D eigenvalue weighted by Gasteiger charge is 2.07. The van der Waals surface area contributed by atoms with E-state index in [0.717, 1.165) is 0 Å². The third kappa shape index (κ3) is 3.63. The number of nitrogens with one attached hydrogen (secondary N) is 1. The number of hydrogen-bond acceptors (Lipinski definition) is 2. The zero-order valence-electron chi connectivity index (χ0n) is 8.46. The Balaban J connectivity index is 2.53. The molecule has 0 aliphatic carbocycles. The van der Waals surface area contributed by atoms with Crippen molar-refractivity contribution in [3.8, 4) is 6.07 Å². The maximum atomic E-state index is 12.9. The van der Waals surface area contributed by atoms with Crippen LogP contribution < -0.4 is 5.32 Å². The largest absolute Gasteiger partial charge is 0.352 e. The Kier molecular flexibility index (Phi) is 4.93. The molecule has 1 rings (SSSR count). The molecule has 0 heterocycles. The first-order valence-electron chi connectivity index (χ1n) is 4.75. The molecular formula is C11H10BrFN2O. The van der Waals surface area contributed by atoms with Crippen molar-refractivity contribution < 1.29 is 9.18 Å². The van der Waals surface area contributed by atoms with Gasteiger partial charge in [0.1, 0.15) is 5.82 Å². The second kappa shape index (κ2) is 6.23. The standard InChI is InChI=1S/C11H10BrFN2O/c12-9-7-8(3-4-10(9)13)11(16)15-6-2-1-5-14/h3-4,7H,1-2,6H2,(H,15,16). The van der Waals surface area contributed by atoms with Crippen molar-refractivity contribution in [3.63, 3.8) is 0 Å². The molecule has 0 fully saturated rings. The zero-order valence-corrected chi connectivity index (χ0v) is 10.1. The maximum Gasteiger partial charge on any atom is 0.251 e. The molecule has 16 heavy (non-hydrogen) atoms. The normalized spacial score (nSPS) is 9.56.